The molecule has 132 valence electrons. The molecule has 0 aliphatic rings. The summed E-state index contributed by atoms with van der Waals surface area (Å²) in [6.45, 7) is -0.369. The van der Waals surface area contributed by atoms with Gasteiger partial charge in [-0.1, -0.05) is 23.7 Å². The van der Waals surface area contributed by atoms with Crippen molar-refractivity contribution in [3.05, 3.63) is 62.7 Å². The highest BCUT2D eigenvalue weighted by atomic mass is 127. The number of benzene rings is 2. The predicted octanol–water partition coefficient (Wildman–Crippen LogP) is 2.86. The summed E-state index contributed by atoms with van der Waals surface area (Å²) in [6, 6.07) is 13.8. The number of hydrogen-bond donors (Lipinski definition) is 1. The van der Waals surface area contributed by atoms with Gasteiger partial charge in [-0.05, 0) is 64.6 Å². The number of sulfonamides is 1. The second kappa shape index (κ2) is 8.63. The van der Waals surface area contributed by atoms with Crippen LogP contribution in [0, 0.1) is 3.57 Å². The van der Waals surface area contributed by atoms with Crippen LogP contribution >= 0.6 is 34.2 Å². The van der Waals surface area contributed by atoms with Crippen LogP contribution in [0.3, 0.4) is 0 Å². The molecule has 0 saturated carbocycles. The van der Waals surface area contributed by atoms with Gasteiger partial charge in [-0.15, -0.1) is 0 Å². The number of anilines is 1. The number of carbonyl (C=O) groups is 1. The second-order valence-electron chi connectivity index (χ2n) is 5.09. The Hall–Kier alpha value is -1.65. The van der Waals surface area contributed by atoms with Crippen LogP contribution in [-0.4, -0.2) is 33.3 Å². The zero-order valence-corrected chi connectivity index (χ0v) is 16.9. The first-order valence-corrected chi connectivity index (χ1v) is 10.4. The van der Waals surface area contributed by atoms with Crippen molar-refractivity contribution in [3.63, 3.8) is 0 Å². The van der Waals surface area contributed by atoms with Gasteiger partial charge < -0.3 is 0 Å². The SMILES string of the molecule is CS(=O)(=O)N(CC(=O)N/N=C\c1cccc(Cl)c1)c1ccc(I)cc1. The smallest absolute Gasteiger partial charge is 0.260 e. The van der Waals surface area contributed by atoms with E-state index in [4.69, 9.17) is 11.6 Å². The molecule has 0 radical (unpaired) electrons. The lowest BCUT2D eigenvalue weighted by molar-refractivity contribution is -0.119. The van der Waals surface area contributed by atoms with Gasteiger partial charge in [0, 0.05) is 8.59 Å². The van der Waals surface area contributed by atoms with E-state index in [1.165, 1.54) is 6.21 Å². The summed E-state index contributed by atoms with van der Waals surface area (Å²) in [6.07, 6.45) is 2.48. The van der Waals surface area contributed by atoms with Gasteiger partial charge in [0.1, 0.15) is 6.54 Å². The number of amides is 1. The molecular formula is C16H15ClIN3O3S. The van der Waals surface area contributed by atoms with E-state index in [9.17, 15) is 13.2 Å². The van der Waals surface area contributed by atoms with E-state index in [1.807, 2.05) is 0 Å². The van der Waals surface area contributed by atoms with Crippen LogP contribution in [0.15, 0.2) is 53.6 Å². The molecule has 0 heterocycles. The molecule has 6 nitrogen and oxygen atoms in total. The van der Waals surface area contributed by atoms with Crippen molar-refractivity contribution in [2.45, 2.75) is 0 Å². The fourth-order valence-electron chi connectivity index (χ4n) is 1.94. The highest BCUT2D eigenvalue weighted by molar-refractivity contribution is 14.1. The third-order valence-electron chi connectivity index (χ3n) is 3.05. The maximum absolute atomic E-state index is 12.0. The van der Waals surface area contributed by atoms with Crippen LogP contribution in [0.2, 0.25) is 5.02 Å². The molecule has 0 aromatic heterocycles. The molecule has 0 aliphatic heterocycles. The minimum absolute atomic E-state index is 0.369. The molecule has 0 spiro atoms. The fourth-order valence-corrected chi connectivity index (χ4v) is 3.35. The Morgan fingerprint density at radius 3 is 2.56 bits per heavy atom. The van der Waals surface area contributed by atoms with E-state index >= 15 is 0 Å². The van der Waals surface area contributed by atoms with Crippen molar-refractivity contribution in [1.29, 1.82) is 0 Å². The van der Waals surface area contributed by atoms with Crippen LogP contribution in [-0.2, 0) is 14.8 Å². The molecule has 0 atom stereocenters. The van der Waals surface area contributed by atoms with Crippen LogP contribution in [0.4, 0.5) is 5.69 Å². The lowest BCUT2D eigenvalue weighted by Gasteiger charge is -2.21. The molecule has 2 rings (SSSR count). The topological polar surface area (TPSA) is 78.8 Å². The summed E-state index contributed by atoms with van der Waals surface area (Å²) in [7, 11) is -3.61. The van der Waals surface area contributed by atoms with E-state index in [-0.39, 0.29) is 6.54 Å². The Balaban J connectivity index is 2.06. The monoisotopic (exact) mass is 491 g/mol. The maximum atomic E-state index is 12.0. The van der Waals surface area contributed by atoms with Crippen molar-refractivity contribution < 1.29 is 13.2 Å². The number of nitrogens with zero attached hydrogens (tertiary/aromatic N) is 2. The number of nitrogens with one attached hydrogen (secondary N) is 1. The van der Waals surface area contributed by atoms with Gasteiger partial charge in [0.15, 0.2) is 0 Å². The van der Waals surface area contributed by atoms with Gasteiger partial charge >= 0.3 is 0 Å². The molecule has 0 unspecified atom stereocenters. The second-order valence-corrected chi connectivity index (χ2v) is 8.68. The van der Waals surface area contributed by atoms with Gasteiger partial charge in [-0.25, -0.2) is 13.8 Å². The van der Waals surface area contributed by atoms with Gasteiger partial charge in [-0.3, -0.25) is 9.10 Å². The summed E-state index contributed by atoms with van der Waals surface area (Å²) in [5.74, 6) is -0.553. The zero-order chi connectivity index (χ0) is 18.4. The number of hydrogen-bond acceptors (Lipinski definition) is 4. The van der Waals surface area contributed by atoms with Crippen molar-refractivity contribution in [2.24, 2.45) is 5.10 Å². The molecule has 2 aromatic carbocycles. The highest BCUT2D eigenvalue weighted by Crippen LogP contribution is 2.18. The molecular weight excluding hydrogens is 477 g/mol. The average molecular weight is 492 g/mol. The third-order valence-corrected chi connectivity index (χ3v) is 5.15. The molecule has 0 saturated heterocycles. The lowest BCUT2D eigenvalue weighted by atomic mass is 10.2. The molecule has 25 heavy (non-hydrogen) atoms. The first-order chi connectivity index (χ1) is 11.8. The van der Waals surface area contributed by atoms with Gasteiger partial charge in [0.2, 0.25) is 10.0 Å². The van der Waals surface area contributed by atoms with E-state index in [2.05, 4.69) is 33.1 Å². The summed E-state index contributed by atoms with van der Waals surface area (Å²) in [4.78, 5) is 12.0. The molecule has 9 heteroatoms. The van der Waals surface area contributed by atoms with Crippen LogP contribution in [0.5, 0.6) is 0 Å². The van der Waals surface area contributed by atoms with Crippen LogP contribution < -0.4 is 9.73 Å². The van der Waals surface area contributed by atoms with E-state index in [1.54, 1.807) is 48.5 Å². The van der Waals surface area contributed by atoms with E-state index in [0.717, 1.165) is 14.1 Å². The Kier molecular flexibility index (Phi) is 6.79. The number of carbonyl (C=O) groups excluding carboxylic acids is 1. The quantitative estimate of drug-likeness (QED) is 0.383. The summed E-state index contributed by atoms with van der Waals surface area (Å²) >= 11 is 7.98. The Bertz CT molecular complexity index is 886. The molecule has 2 aromatic rings. The zero-order valence-electron chi connectivity index (χ0n) is 13.2. The number of rotatable bonds is 6. The van der Waals surface area contributed by atoms with Gasteiger partial charge in [-0.2, -0.15) is 5.10 Å². The summed E-state index contributed by atoms with van der Waals surface area (Å²) in [5.41, 5.74) is 3.44. The predicted molar refractivity (Wildman–Crippen MR) is 109 cm³/mol. The number of hydrazone groups is 1. The standard InChI is InChI=1S/C16H15ClIN3O3S/c1-25(23,24)21(15-7-5-14(18)6-8-15)11-16(22)20-19-10-12-3-2-4-13(17)9-12/h2-10H,11H2,1H3,(H,20,22)/b19-10-. The molecule has 1 N–H and O–H groups in total. The van der Waals surface area contributed by atoms with Crippen molar-refractivity contribution in [3.8, 4) is 0 Å². The lowest BCUT2D eigenvalue weighted by Crippen LogP contribution is -2.39. The van der Waals surface area contributed by atoms with Crippen LogP contribution in [0.25, 0.3) is 0 Å². The van der Waals surface area contributed by atoms with Crippen molar-refractivity contribution >= 4 is 62.0 Å². The summed E-state index contributed by atoms with van der Waals surface area (Å²) in [5, 5.41) is 4.37. The van der Waals surface area contributed by atoms with Gasteiger partial charge in [0.25, 0.3) is 5.91 Å². The third kappa shape index (κ3) is 6.29. The minimum atomic E-state index is -3.61. The summed E-state index contributed by atoms with van der Waals surface area (Å²) < 4.78 is 25.9. The van der Waals surface area contributed by atoms with Crippen molar-refractivity contribution in [2.75, 3.05) is 17.1 Å². The minimum Gasteiger partial charge on any atom is -0.271 e. The highest BCUT2D eigenvalue weighted by Gasteiger charge is 2.20. The van der Waals surface area contributed by atoms with Gasteiger partial charge in [0.05, 0.1) is 18.2 Å². The molecule has 0 bridgehead atoms. The van der Waals surface area contributed by atoms with E-state index in [0.29, 0.717) is 16.3 Å². The average Bonchev–Trinajstić information content (AvgIpc) is 2.53. The largest absolute Gasteiger partial charge is 0.271 e. The molecule has 0 fully saturated rings. The first kappa shape index (κ1) is 19.7. The maximum Gasteiger partial charge on any atom is 0.260 e. The van der Waals surface area contributed by atoms with Crippen molar-refractivity contribution in [1.82, 2.24) is 5.43 Å². The fraction of sp³-hybridized carbons (Fsp3) is 0.125. The normalized spacial score (nSPS) is 11.5. The molecule has 0 aliphatic carbocycles. The Labute approximate surface area is 165 Å². The molecule has 1 amide bonds. The first-order valence-electron chi connectivity index (χ1n) is 7.06. The number of halogens is 2. The Morgan fingerprint density at radius 2 is 1.96 bits per heavy atom. The van der Waals surface area contributed by atoms with E-state index < -0.39 is 15.9 Å². The van der Waals surface area contributed by atoms with Crippen LogP contribution in [0.1, 0.15) is 5.56 Å². The Morgan fingerprint density at radius 1 is 1.28 bits per heavy atom.